The molecule has 2 aliphatic heterocycles. The van der Waals surface area contributed by atoms with Crippen LogP contribution in [0, 0.1) is 34.6 Å². The van der Waals surface area contributed by atoms with Crippen LogP contribution in [0.2, 0.25) is 0 Å². The summed E-state index contributed by atoms with van der Waals surface area (Å²) in [5.74, 6) is 0. The van der Waals surface area contributed by atoms with E-state index in [2.05, 4.69) is 238 Å². The molecule has 0 N–H and O–H groups in total. The number of rotatable bonds is 5. The van der Waals surface area contributed by atoms with Gasteiger partial charge in [0, 0.05) is 43.8 Å². The molecule has 0 unspecified atom stereocenters. The van der Waals surface area contributed by atoms with Crippen LogP contribution in [0.25, 0.3) is 116 Å². The van der Waals surface area contributed by atoms with Crippen LogP contribution in [-0.2, 0) is 0 Å². The lowest BCUT2D eigenvalue weighted by atomic mass is 9.45. The van der Waals surface area contributed by atoms with Crippen LogP contribution >= 0.6 is 0 Å². The molecule has 0 amide bonds. The van der Waals surface area contributed by atoms with E-state index in [4.69, 9.17) is 0 Å². The van der Waals surface area contributed by atoms with Crippen LogP contribution in [0.4, 0.5) is 0 Å². The van der Waals surface area contributed by atoms with Crippen molar-refractivity contribution in [3.63, 3.8) is 0 Å². The zero-order chi connectivity index (χ0) is 45.5. The van der Waals surface area contributed by atoms with Gasteiger partial charge in [-0.3, -0.25) is 0 Å². The zero-order valence-corrected chi connectivity index (χ0v) is 38.9. The van der Waals surface area contributed by atoms with Gasteiger partial charge in [0.25, 0.3) is 0 Å². The Morgan fingerprint density at radius 3 is 1.57 bits per heavy atom. The second-order valence-corrected chi connectivity index (χ2v) is 19.5. The maximum absolute atomic E-state index is 2.74. The molecule has 2 aromatic heterocycles. The minimum absolute atomic E-state index is 0.108. The lowest BCUT2D eigenvalue weighted by Crippen LogP contribution is -2.55. The van der Waals surface area contributed by atoms with Crippen molar-refractivity contribution in [1.82, 2.24) is 9.05 Å². The average molecular weight is 867 g/mol. The molecule has 2 nitrogen and oxygen atoms in total. The first-order valence-electron chi connectivity index (χ1n) is 24.0. The highest BCUT2D eigenvalue weighted by Crippen LogP contribution is 2.49. The van der Waals surface area contributed by atoms with Gasteiger partial charge in [0.15, 0.2) is 0 Å². The molecule has 14 rings (SSSR count). The molecule has 10 aromatic carbocycles. The standard InChI is InChI=1S/C65H47BN2/c1-38-16-12-13-25-49(38)50-28-31-59-63-62(50)55-35-47(44-23-10-7-11-24-44)34-53-52-32-45(43-21-8-6-9-22-43)26-30-58(52)68(64(53)55)66(63)56-37-48(61-41(4)19-15-20-42(61)5)36-54-51-33-46(27-29-57(51)67(59)65(54)56)60-39(2)17-14-18-40(60)3/h6-37H,1-5H3. The number of hydrogen-bond acceptors (Lipinski definition) is 0. The molecule has 2 aliphatic rings. The van der Waals surface area contributed by atoms with Gasteiger partial charge < -0.3 is 9.05 Å². The third-order valence-electron chi connectivity index (χ3n) is 15.5. The zero-order valence-electron chi connectivity index (χ0n) is 38.9. The molecule has 0 radical (unpaired) electrons. The molecule has 0 saturated heterocycles. The molecule has 0 bridgehead atoms. The van der Waals surface area contributed by atoms with Crippen LogP contribution in [0.3, 0.4) is 0 Å². The van der Waals surface area contributed by atoms with E-state index in [1.54, 1.807) is 0 Å². The molecule has 4 heterocycles. The normalized spacial score (nSPS) is 12.5. The van der Waals surface area contributed by atoms with Crippen molar-refractivity contribution in [1.29, 1.82) is 0 Å². The Hall–Kier alpha value is -8.14. The first kappa shape index (κ1) is 39.1. The van der Waals surface area contributed by atoms with E-state index in [1.165, 1.54) is 155 Å². The van der Waals surface area contributed by atoms with Gasteiger partial charge in [-0.2, -0.15) is 0 Å². The van der Waals surface area contributed by atoms with Gasteiger partial charge in [-0.05, 0) is 183 Å². The van der Waals surface area contributed by atoms with E-state index in [-0.39, 0.29) is 6.85 Å². The largest absolute Gasteiger partial charge is 0.375 e. The summed E-state index contributed by atoms with van der Waals surface area (Å²) in [6.45, 7) is 11.2. The summed E-state index contributed by atoms with van der Waals surface area (Å²) in [4.78, 5) is 0. The van der Waals surface area contributed by atoms with Gasteiger partial charge in [-0.1, -0.05) is 146 Å². The fourth-order valence-corrected chi connectivity index (χ4v) is 12.6. The Morgan fingerprint density at radius 1 is 0.324 bits per heavy atom. The van der Waals surface area contributed by atoms with E-state index < -0.39 is 0 Å². The summed E-state index contributed by atoms with van der Waals surface area (Å²) in [5, 5.41) is 5.14. The molecule has 12 aromatic rings. The number of aryl methyl sites for hydroxylation is 5. The SMILES string of the molecule is Cc1ccccc1-c1ccc2c3c1-c1cc(-c4ccccc4)cc4c5cc(-c6ccccc6)ccc5n(c14)B3c1cc(-c3c(C)cccc3C)cc3c4cc(-c5c(C)cccc5C)ccc4n-2c13. The molecule has 0 saturated carbocycles. The summed E-state index contributed by atoms with van der Waals surface area (Å²) in [6, 6.07) is 73.6. The molecule has 320 valence electrons. The Labute approximate surface area is 397 Å². The smallest absolute Gasteiger partial charge is 0.333 e. The third kappa shape index (κ3) is 5.42. The molecular weight excluding hydrogens is 820 g/mol. The Bertz CT molecular complexity index is 4090. The van der Waals surface area contributed by atoms with Gasteiger partial charge in [-0.15, -0.1) is 0 Å². The minimum Gasteiger partial charge on any atom is -0.375 e. The van der Waals surface area contributed by atoms with Crippen molar-refractivity contribution in [2.45, 2.75) is 34.6 Å². The molecular formula is C65H47BN2. The lowest BCUT2D eigenvalue weighted by molar-refractivity contribution is 1.17. The van der Waals surface area contributed by atoms with E-state index in [0.717, 1.165) is 0 Å². The highest BCUT2D eigenvalue weighted by atomic mass is 15.0. The van der Waals surface area contributed by atoms with Gasteiger partial charge in [0.2, 0.25) is 0 Å². The summed E-state index contributed by atoms with van der Waals surface area (Å²) < 4.78 is 5.37. The Balaban J connectivity index is 1.19. The lowest BCUT2D eigenvalue weighted by Gasteiger charge is -2.36. The topological polar surface area (TPSA) is 9.86 Å². The first-order valence-corrected chi connectivity index (χ1v) is 24.0. The first-order chi connectivity index (χ1) is 33.3. The van der Waals surface area contributed by atoms with Crippen molar-refractivity contribution >= 4 is 61.4 Å². The molecule has 0 atom stereocenters. The fraction of sp³-hybridized carbons (Fsp3) is 0.0769. The second-order valence-electron chi connectivity index (χ2n) is 19.5. The molecule has 0 fully saturated rings. The predicted octanol–water partition coefficient (Wildman–Crippen LogP) is 15.7. The monoisotopic (exact) mass is 866 g/mol. The van der Waals surface area contributed by atoms with E-state index in [1.807, 2.05) is 0 Å². The number of fused-ring (bicyclic) bond motifs is 10. The highest BCUT2D eigenvalue weighted by Gasteiger charge is 2.43. The van der Waals surface area contributed by atoms with Crippen molar-refractivity contribution in [2.24, 2.45) is 0 Å². The minimum atomic E-state index is -0.108. The van der Waals surface area contributed by atoms with Crippen LogP contribution in [0.15, 0.2) is 194 Å². The number of hydrogen-bond donors (Lipinski definition) is 0. The quantitative estimate of drug-likeness (QED) is 0.153. The van der Waals surface area contributed by atoms with Crippen molar-refractivity contribution in [3.05, 3.63) is 222 Å². The maximum atomic E-state index is 2.74. The molecule has 3 heteroatoms. The fourth-order valence-electron chi connectivity index (χ4n) is 12.6. The van der Waals surface area contributed by atoms with Crippen LogP contribution < -0.4 is 10.9 Å². The number of nitrogens with zero attached hydrogens (tertiary/aromatic N) is 2. The summed E-state index contributed by atoms with van der Waals surface area (Å²) in [7, 11) is 0. The third-order valence-corrected chi connectivity index (χ3v) is 15.5. The summed E-state index contributed by atoms with van der Waals surface area (Å²) in [5.41, 5.74) is 30.7. The van der Waals surface area contributed by atoms with Crippen molar-refractivity contribution < 1.29 is 0 Å². The van der Waals surface area contributed by atoms with E-state index >= 15 is 0 Å². The average Bonchev–Trinajstić information content (AvgIpc) is 3.87. The summed E-state index contributed by atoms with van der Waals surface area (Å²) in [6.07, 6.45) is 0. The van der Waals surface area contributed by atoms with Crippen LogP contribution in [0.1, 0.15) is 27.8 Å². The predicted molar refractivity (Wildman–Crippen MR) is 291 cm³/mol. The summed E-state index contributed by atoms with van der Waals surface area (Å²) >= 11 is 0. The molecule has 68 heavy (non-hydrogen) atoms. The van der Waals surface area contributed by atoms with Gasteiger partial charge in [0.1, 0.15) is 0 Å². The Morgan fingerprint density at radius 2 is 0.868 bits per heavy atom. The number of benzene rings is 10. The van der Waals surface area contributed by atoms with Crippen LogP contribution in [-0.4, -0.2) is 15.9 Å². The van der Waals surface area contributed by atoms with Gasteiger partial charge in [-0.25, -0.2) is 0 Å². The van der Waals surface area contributed by atoms with Gasteiger partial charge in [0.05, 0.1) is 11.0 Å². The van der Waals surface area contributed by atoms with Gasteiger partial charge >= 0.3 is 6.85 Å². The second kappa shape index (κ2) is 14.4. The van der Waals surface area contributed by atoms with E-state index in [0.29, 0.717) is 0 Å². The maximum Gasteiger partial charge on any atom is 0.333 e. The molecule has 0 aliphatic carbocycles. The number of aromatic nitrogens is 2. The van der Waals surface area contributed by atoms with E-state index in [9.17, 15) is 0 Å². The van der Waals surface area contributed by atoms with Crippen molar-refractivity contribution in [2.75, 3.05) is 0 Å². The molecule has 0 spiro atoms. The van der Waals surface area contributed by atoms with Crippen molar-refractivity contribution in [3.8, 4) is 72.4 Å². The van der Waals surface area contributed by atoms with Crippen LogP contribution in [0.5, 0.6) is 0 Å². The Kier molecular flexibility index (Phi) is 8.29. The highest BCUT2D eigenvalue weighted by molar-refractivity contribution is 6.90.